The van der Waals surface area contributed by atoms with Crippen molar-refractivity contribution in [2.24, 2.45) is 5.73 Å². The van der Waals surface area contributed by atoms with Crippen LogP contribution in [0.2, 0.25) is 0 Å². The van der Waals surface area contributed by atoms with Crippen LogP contribution in [0.15, 0.2) is 18.9 Å². The average Bonchev–Trinajstić information content (AvgIpc) is 2.48. The van der Waals surface area contributed by atoms with E-state index in [4.69, 9.17) is 10.5 Å². The predicted octanol–water partition coefficient (Wildman–Crippen LogP) is 1.15. The lowest BCUT2D eigenvalue weighted by molar-refractivity contribution is 0.0903. The number of amides is 1. The first kappa shape index (κ1) is 15.2. The summed E-state index contributed by atoms with van der Waals surface area (Å²) in [5.41, 5.74) is 5.63. The molecule has 4 N–H and O–H groups in total. The Labute approximate surface area is 124 Å². The van der Waals surface area contributed by atoms with Crippen LogP contribution >= 0.6 is 0 Å². The van der Waals surface area contributed by atoms with Crippen molar-refractivity contribution in [2.45, 2.75) is 25.3 Å². The largest absolute Gasteiger partial charge is 0.381 e. The molecule has 1 aromatic rings. The van der Waals surface area contributed by atoms with Crippen molar-refractivity contribution >= 4 is 17.7 Å². The summed E-state index contributed by atoms with van der Waals surface area (Å²) in [4.78, 5) is 19.9. The van der Waals surface area contributed by atoms with Gasteiger partial charge in [-0.15, -0.1) is 6.58 Å². The van der Waals surface area contributed by atoms with Crippen molar-refractivity contribution in [1.29, 1.82) is 0 Å². The third-order valence-corrected chi connectivity index (χ3v) is 3.25. The molecule has 0 spiro atoms. The van der Waals surface area contributed by atoms with E-state index in [0.29, 0.717) is 24.4 Å². The van der Waals surface area contributed by atoms with Crippen LogP contribution in [0.3, 0.4) is 0 Å². The van der Waals surface area contributed by atoms with E-state index in [-0.39, 0.29) is 5.56 Å². The molecule has 114 valence electrons. The number of hydrogen-bond acceptors (Lipinski definition) is 6. The first-order valence-electron chi connectivity index (χ1n) is 7.06. The Bertz CT molecular complexity index is 500. The summed E-state index contributed by atoms with van der Waals surface area (Å²) in [6.45, 7) is 5.77. The zero-order valence-corrected chi connectivity index (χ0v) is 12.0. The maximum atomic E-state index is 11.4. The van der Waals surface area contributed by atoms with Gasteiger partial charge in [0.2, 0.25) is 5.95 Å². The van der Waals surface area contributed by atoms with Crippen molar-refractivity contribution < 1.29 is 9.53 Å². The molecule has 2 heterocycles. The summed E-state index contributed by atoms with van der Waals surface area (Å²) in [6.07, 6.45) is 5.85. The van der Waals surface area contributed by atoms with Crippen molar-refractivity contribution in [3.63, 3.8) is 0 Å². The Morgan fingerprint density at radius 3 is 2.95 bits per heavy atom. The highest BCUT2D eigenvalue weighted by Crippen LogP contribution is 2.16. The minimum Gasteiger partial charge on any atom is -0.381 e. The van der Waals surface area contributed by atoms with Gasteiger partial charge in [-0.3, -0.25) is 4.79 Å². The first-order chi connectivity index (χ1) is 10.2. The summed E-state index contributed by atoms with van der Waals surface area (Å²) >= 11 is 0. The normalized spacial score (nSPS) is 15.4. The third-order valence-electron chi connectivity index (χ3n) is 3.25. The number of primary amides is 1. The van der Waals surface area contributed by atoms with Gasteiger partial charge in [-0.05, 0) is 19.3 Å². The van der Waals surface area contributed by atoms with E-state index in [1.165, 1.54) is 6.20 Å². The van der Waals surface area contributed by atoms with Gasteiger partial charge in [-0.25, -0.2) is 4.98 Å². The minimum absolute atomic E-state index is 0.289. The number of anilines is 2. The van der Waals surface area contributed by atoms with Gasteiger partial charge in [0.1, 0.15) is 5.82 Å². The van der Waals surface area contributed by atoms with Crippen molar-refractivity contribution in [3.05, 3.63) is 24.4 Å². The van der Waals surface area contributed by atoms with E-state index >= 15 is 0 Å². The van der Waals surface area contributed by atoms with Crippen LogP contribution in [0.25, 0.3) is 0 Å². The van der Waals surface area contributed by atoms with Crippen LogP contribution in [0.5, 0.6) is 0 Å². The van der Waals surface area contributed by atoms with E-state index in [2.05, 4.69) is 27.2 Å². The molecule has 0 unspecified atom stereocenters. The van der Waals surface area contributed by atoms with Crippen LogP contribution in [0, 0.1) is 0 Å². The predicted molar refractivity (Wildman–Crippen MR) is 81.3 cm³/mol. The maximum Gasteiger partial charge on any atom is 0.254 e. The van der Waals surface area contributed by atoms with Crippen LogP contribution in [0.4, 0.5) is 11.8 Å². The molecular weight excluding hydrogens is 270 g/mol. The second-order valence-corrected chi connectivity index (χ2v) is 4.86. The molecule has 1 aliphatic rings. The lowest BCUT2D eigenvalue weighted by Crippen LogP contribution is -2.29. The topological polar surface area (TPSA) is 102 Å². The number of ether oxygens (including phenoxy) is 1. The van der Waals surface area contributed by atoms with E-state index in [9.17, 15) is 4.79 Å². The number of nitrogens with zero attached hydrogens (tertiary/aromatic N) is 2. The standard InChI is InChI=1S/C14H21N5O2/c1-2-3-6-16-13-11(12(15)20)9-17-14(19-13)18-10-4-7-21-8-5-10/h2,9-10H,1,3-8H2,(H2,15,20)(H2,16,17,18,19). The quantitative estimate of drug-likeness (QED) is 0.514. The summed E-state index contributed by atoms with van der Waals surface area (Å²) in [5, 5.41) is 6.35. The van der Waals surface area contributed by atoms with Crippen LogP contribution in [-0.2, 0) is 4.74 Å². The highest BCUT2D eigenvalue weighted by molar-refractivity contribution is 5.97. The Morgan fingerprint density at radius 2 is 2.29 bits per heavy atom. The lowest BCUT2D eigenvalue weighted by Gasteiger charge is -2.23. The number of carbonyl (C=O) groups excluding carboxylic acids is 1. The van der Waals surface area contributed by atoms with Gasteiger partial charge in [-0.1, -0.05) is 6.08 Å². The molecule has 1 amide bonds. The Morgan fingerprint density at radius 1 is 1.52 bits per heavy atom. The SMILES string of the molecule is C=CCCNc1nc(NC2CCOCC2)ncc1C(N)=O. The second kappa shape index (κ2) is 7.58. The van der Waals surface area contributed by atoms with Crippen molar-refractivity contribution in [2.75, 3.05) is 30.4 Å². The number of rotatable bonds is 7. The summed E-state index contributed by atoms with van der Waals surface area (Å²) < 4.78 is 5.31. The molecular formula is C14H21N5O2. The van der Waals surface area contributed by atoms with Gasteiger partial charge in [0.15, 0.2) is 0 Å². The fourth-order valence-electron chi connectivity index (χ4n) is 2.08. The first-order valence-corrected chi connectivity index (χ1v) is 7.06. The van der Waals surface area contributed by atoms with E-state index in [1.54, 1.807) is 6.08 Å². The number of aromatic nitrogens is 2. The molecule has 1 aliphatic heterocycles. The van der Waals surface area contributed by atoms with E-state index < -0.39 is 5.91 Å². The molecule has 7 heteroatoms. The Hall–Kier alpha value is -2.15. The van der Waals surface area contributed by atoms with Crippen LogP contribution < -0.4 is 16.4 Å². The Kier molecular flexibility index (Phi) is 5.51. The second-order valence-electron chi connectivity index (χ2n) is 4.86. The molecule has 0 radical (unpaired) electrons. The molecule has 0 saturated carbocycles. The molecule has 1 fully saturated rings. The summed E-state index contributed by atoms with van der Waals surface area (Å²) in [7, 11) is 0. The molecule has 7 nitrogen and oxygen atoms in total. The number of hydrogen-bond donors (Lipinski definition) is 3. The highest BCUT2D eigenvalue weighted by atomic mass is 16.5. The molecule has 0 aliphatic carbocycles. The summed E-state index contributed by atoms with van der Waals surface area (Å²) in [5.74, 6) is 0.399. The van der Waals surface area contributed by atoms with Gasteiger partial charge in [-0.2, -0.15) is 4.98 Å². The van der Waals surface area contributed by atoms with Gasteiger partial charge < -0.3 is 21.1 Å². The molecule has 1 aromatic heterocycles. The molecule has 21 heavy (non-hydrogen) atoms. The van der Waals surface area contributed by atoms with Crippen molar-refractivity contribution in [3.8, 4) is 0 Å². The van der Waals surface area contributed by atoms with Gasteiger partial charge in [0, 0.05) is 32.0 Å². The molecule has 0 atom stereocenters. The van der Waals surface area contributed by atoms with E-state index in [0.717, 1.165) is 32.5 Å². The molecule has 0 bridgehead atoms. The number of nitrogens with two attached hydrogens (primary N) is 1. The lowest BCUT2D eigenvalue weighted by atomic mass is 10.1. The van der Waals surface area contributed by atoms with Gasteiger partial charge in [0.05, 0.1) is 5.56 Å². The zero-order chi connectivity index (χ0) is 15.1. The fraction of sp³-hybridized carbons (Fsp3) is 0.500. The van der Waals surface area contributed by atoms with Crippen LogP contribution in [-0.4, -0.2) is 41.7 Å². The molecule has 1 saturated heterocycles. The smallest absolute Gasteiger partial charge is 0.254 e. The number of nitrogens with one attached hydrogen (secondary N) is 2. The van der Waals surface area contributed by atoms with Crippen LogP contribution in [0.1, 0.15) is 29.6 Å². The van der Waals surface area contributed by atoms with Crippen molar-refractivity contribution in [1.82, 2.24) is 9.97 Å². The average molecular weight is 291 g/mol. The van der Waals surface area contributed by atoms with Gasteiger partial charge in [0.25, 0.3) is 5.91 Å². The monoisotopic (exact) mass is 291 g/mol. The molecule has 0 aromatic carbocycles. The minimum atomic E-state index is -0.547. The highest BCUT2D eigenvalue weighted by Gasteiger charge is 2.16. The number of carbonyl (C=O) groups is 1. The zero-order valence-electron chi connectivity index (χ0n) is 12.0. The Balaban J connectivity index is 2.09. The molecule has 2 rings (SSSR count). The maximum absolute atomic E-state index is 11.4. The van der Waals surface area contributed by atoms with E-state index in [1.807, 2.05) is 0 Å². The summed E-state index contributed by atoms with van der Waals surface area (Å²) in [6, 6.07) is 0.291. The van der Waals surface area contributed by atoms with Gasteiger partial charge >= 0.3 is 0 Å². The fourth-order valence-corrected chi connectivity index (χ4v) is 2.08. The third kappa shape index (κ3) is 4.42.